The molecule has 240 valence electrons. The molecular formula is C36H32N8O4. The number of amides is 1. The summed E-state index contributed by atoms with van der Waals surface area (Å²) in [5.74, 6) is 1.48. The Morgan fingerprint density at radius 1 is 0.938 bits per heavy atom. The largest absolute Gasteiger partial charge is 0.507 e. The number of fused-ring (bicyclic) bond motifs is 1. The summed E-state index contributed by atoms with van der Waals surface area (Å²) in [6.07, 6.45) is 4.09. The number of nitrogens with two attached hydrogens (primary N) is 1. The molecule has 48 heavy (non-hydrogen) atoms. The molecule has 2 aromatic carbocycles. The number of anilines is 2. The number of imidazole rings is 1. The molecule has 0 aliphatic carbocycles. The van der Waals surface area contributed by atoms with E-state index in [1.807, 2.05) is 65.2 Å². The average molecular weight is 641 g/mol. The van der Waals surface area contributed by atoms with E-state index >= 15 is 0 Å². The first-order valence-corrected chi connectivity index (χ1v) is 15.5. The van der Waals surface area contributed by atoms with Gasteiger partial charge in [0.05, 0.1) is 36.5 Å². The van der Waals surface area contributed by atoms with Gasteiger partial charge in [-0.1, -0.05) is 18.2 Å². The molecule has 1 saturated heterocycles. The van der Waals surface area contributed by atoms with E-state index in [1.54, 1.807) is 18.5 Å². The second-order valence-corrected chi connectivity index (χ2v) is 11.4. The predicted octanol–water partition coefficient (Wildman–Crippen LogP) is 4.34. The smallest absolute Gasteiger partial charge is 0.224 e. The summed E-state index contributed by atoms with van der Waals surface area (Å²) in [5, 5.41) is 12.8. The number of hydrogen-bond donors (Lipinski definition) is 3. The van der Waals surface area contributed by atoms with Gasteiger partial charge >= 0.3 is 0 Å². The summed E-state index contributed by atoms with van der Waals surface area (Å²) in [4.78, 5) is 44.7. The van der Waals surface area contributed by atoms with Crippen LogP contribution in [0.15, 0.2) is 91.3 Å². The Balaban J connectivity index is 1.18. The van der Waals surface area contributed by atoms with Crippen LogP contribution in [0.3, 0.4) is 0 Å². The molecule has 7 rings (SSSR count). The van der Waals surface area contributed by atoms with Gasteiger partial charge in [0.15, 0.2) is 17.8 Å². The van der Waals surface area contributed by atoms with E-state index in [9.17, 15) is 14.7 Å². The minimum atomic E-state index is -0.211. The summed E-state index contributed by atoms with van der Waals surface area (Å²) in [7, 11) is 0. The van der Waals surface area contributed by atoms with Crippen LogP contribution in [0, 0.1) is 0 Å². The molecule has 0 radical (unpaired) electrons. The third kappa shape index (κ3) is 6.29. The Bertz CT molecular complexity index is 2120. The molecule has 12 nitrogen and oxygen atoms in total. The van der Waals surface area contributed by atoms with Gasteiger partial charge in [0.25, 0.3) is 0 Å². The lowest BCUT2D eigenvalue weighted by Crippen LogP contribution is -2.36. The summed E-state index contributed by atoms with van der Waals surface area (Å²) >= 11 is 0. The number of nitrogens with zero attached hydrogens (tertiary/aromatic N) is 6. The Labute approximate surface area is 275 Å². The monoisotopic (exact) mass is 640 g/mol. The number of phenolic OH excluding ortho intramolecular Hbond substituents is 1. The van der Waals surface area contributed by atoms with Gasteiger partial charge in [0, 0.05) is 43.3 Å². The van der Waals surface area contributed by atoms with Crippen molar-refractivity contribution in [3.63, 3.8) is 0 Å². The molecule has 1 aliphatic rings. The zero-order valence-corrected chi connectivity index (χ0v) is 25.9. The van der Waals surface area contributed by atoms with Gasteiger partial charge in [-0.05, 0) is 71.8 Å². The highest BCUT2D eigenvalue weighted by molar-refractivity contribution is 5.85. The fraction of sp³-hybridized carbons (Fsp3) is 0.167. The number of pyridine rings is 3. The van der Waals surface area contributed by atoms with Crippen molar-refractivity contribution in [1.29, 1.82) is 0 Å². The number of rotatable bonds is 9. The molecule has 1 aliphatic heterocycles. The van der Waals surface area contributed by atoms with Crippen molar-refractivity contribution in [1.82, 2.24) is 29.8 Å². The van der Waals surface area contributed by atoms with Gasteiger partial charge in [-0.15, -0.1) is 0 Å². The molecular weight excluding hydrogens is 608 g/mol. The highest BCUT2D eigenvalue weighted by Crippen LogP contribution is 2.32. The maximum atomic E-state index is 12.6. The lowest BCUT2D eigenvalue weighted by Gasteiger charge is -2.27. The maximum Gasteiger partial charge on any atom is 0.224 e. The Morgan fingerprint density at radius 2 is 1.75 bits per heavy atom. The fourth-order valence-corrected chi connectivity index (χ4v) is 5.70. The maximum absolute atomic E-state index is 12.6. The summed E-state index contributed by atoms with van der Waals surface area (Å²) < 4.78 is 7.48. The molecule has 0 atom stereocenters. The second-order valence-electron chi connectivity index (χ2n) is 11.4. The van der Waals surface area contributed by atoms with Gasteiger partial charge < -0.3 is 25.8 Å². The van der Waals surface area contributed by atoms with Crippen LogP contribution in [0.25, 0.3) is 39.5 Å². The molecule has 0 bridgehead atoms. The molecule has 6 aromatic rings. The van der Waals surface area contributed by atoms with Gasteiger partial charge in [-0.25, -0.2) is 19.9 Å². The molecule has 0 unspecified atom stereocenters. The Kier molecular flexibility index (Phi) is 8.46. The molecule has 1 amide bonds. The van der Waals surface area contributed by atoms with Crippen LogP contribution in [-0.4, -0.2) is 68.1 Å². The summed E-state index contributed by atoms with van der Waals surface area (Å²) in [6.45, 7) is 3.21. The van der Waals surface area contributed by atoms with Crippen molar-refractivity contribution in [2.75, 3.05) is 36.9 Å². The van der Waals surface area contributed by atoms with E-state index in [2.05, 4.69) is 20.2 Å². The lowest BCUT2D eigenvalue weighted by molar-refractivity contribution is -0.120. The van der Waals surface area contributed by atoms with E-state index in [0.29, 0.717) is 60.0 Å². The molecule has 12 heteroatoms. The Hall–Kier alpha value is -6.14. The second kappa shape index (κ2) is 13.3. The number of nitrogen functional groups attached to an aromatic ring is 1. The number of carbonyl (C=O) groups excluding carboxylic acids is 2. The van der Waals surface area contributed by atoms with Gasteiger partial charge in [-0.3, -0.25) is 14.2 Å². The fourth-order valence-electron chi connectivity index (χ4n) is 5.70. The number of aromatic nitrogens is 5. The summed E-state index contributed by atoms with van der Waals surface area (Å²) in [6, 6.07) is 24.0. The molecule has 0 spiro atoms. The van der Waals surface area contributed by atoms with E-state index in [1.165, 1.54) is 12.1 Å². The third-order valence-corrected chi connectivity index (χ3v) is 8.23. The number of hydrogen-bond acceptors (Lipinski definition) is 10. The van der Waals surface area contributed by atoms with Crippen LogP contribution >= 0.6 is 0 Å². The first kappa shape index (κ1) is 30.5. The normalized spacial score (nSPS) is 13.0. The number of morpholine rings is 1. The molecule has 4 aromatic heterocycles. The quantitative estimate of drug-likeness (QED) is 0.194. The number of phenols is 1. The number of nitrogens with one attached hydrogen (secondary N) is 1. The standard InChI is InChI=1S/C36H32N8O4/c37-34-28(2-1-12-39-34)35-42-30-10-9-29(25-11-13-38-32(20-25)43-14-16-48-17-15-43)41-36(30)44(35)27-7-4-23(5-8-27)21-40-33(47)19-24-3-6-26(22-45)31(46)18-24/h1-13,18,20,22,46H,14-17,19,21H2,(H2,37,39)(H,40,47). The average Bonchev–Trinajstić information content (AvgIpc) is 3.50. The third-order valence-electron chi connectivity index (χ3n) is 8.23. The van der Waals surface area contributed by atoms with Crippen LogP contribution in [-0.2, 0) is 22.5 Å². The number of ether oxygens (including phenoxy) is 1. The molecule has 1 fully saturated rings. The van der Waals surface area contributed by atoms with Crippen molar-refractivity contribution < 1.29 is 19.4 Å². The zero-order chi connectivity index (χ0) is 33.0. The topological polar surface area (TPSA) is 161 Å². The van der Waals surface area contributed by atoms with Crippen LogP contribution < -0.4 is 16.0 Å². The SMILES string of the molecule is Nc1ncccc1-c1nc2ccc(-c3ccnc(N4CCOCC4)c3)nc2n1-c1ccc(CNC(=O)Cc2ccc(C=O)c(O)c2)cc1. The van der Waals surface area contributed by atoms with Crippen molar-refractivity contribution in [2.45, 2.75) is 13.0 Å². The van der Waals surface area contributed by atoms with Crippen LogP contribution in [0.5, 0.6) is 5.75 Å². The highest BCUT2D eigenvalue weighted by Gasteiger charge is 2.20. The number of benzene rings is 2. The minimum Gasteiger partial charge on any atom is -0.507 e. The van der Waals surface area contributed by atoms with Crippen LogP contribution in [0.4, 0.5) is 11.6 Å². The van der Waals surface area contributed by atoms with Crippen molar-refractivity contribution in [2.24, 2.45) is 0 Å². The van der Waals surface area contributed by atoms with E-state index in [-0.39, 0.29) is 23.6 Å². The molecule has 0 saturated carbocycles. The molecule has 4 N–H and O–H groups in total. The van der Waals surface area contributed by atoms with Gasteiger partial charge in [-0.2, -0.15) is 0 Å². The van der Waals surface area contributed by atoms with E-state index in [4.69, 9.17) is 20.4 Å². The first-order chi connectivity index (χ1) is 23.5. The van der Waals surface area contributed by atoms with E-state index < -0.39 is 0 Å². The molecule has 5 heterocycles. The first-order valence-electron chi connectivity index (χ1n) is 15.5. The number of aldehydes is 1. The van der Waals surface area contributed by atoms with Crippen molar-refractivity contribution in [3.8, 4) is 34.1 Å². The lowest BCUT2D eigenvalue weighted by atomic mass is 10.1. The predicted molar refractivity (Wildman–Crippen MR) is 182 cm³/mol. The van der Waals surface area contributed by atoms with Crippen LogP contribution in [0.1, 0.15) is 21.5 Å². The van der Waals surface area contributed by atoms with Crippen molar-refractivity contribution in [3.05, 3.63) is 108 Å². The number of aromatic hydroxyl groups is 1. The minimum absolute atomic E-state index is 0.0706. The van der Waals surface area contributed by atoms with E-state index in [0.717, 1.165) is 41.4 Å². The van der Waals surface area contributed by atoms with Crippen molar-refractivity contribution >= 4 is 35.0 Å². The van der Waals surface area contributed by atoms with Gasteiger partial charge in [0.2, 0.25) is 5.91 Å². The Morgan fingerprint density at radius 3 is 2.52 bits per heavy atom. The van der Waals surface area contributed by atoms with Gasteiger partial charge in [0.1, 0.15) is 22.9 Å². The zero-order valence-electron chi connectivity index (χ0n) is 25.9. The summed E-state index contributed by atoms with van der Waals surface area (Å²) in [5.41, 5.74) is 12.6. The highest BCUT2D eigenvalue weighted by atomic mass is 16.5. The number of carbonyl (C=O) groups is 2. The van der Waals surface area contributed by atoms with Crippen LogP contribution in [0.2, 0.25) is 0 Å².